The summed E-state index contributed by atoms with van der Waals surface area (Å²) >= 11 is 1.54. The summed E-state index contributed by atoms with van der Waals surface area (Å²) in [6.07, 6.45) is 1.59. The van der Waals surface area contributed by atoms with Gasteiger partial charge in [0.15, 0.2) is 17.3 Å². The van der Waals surface area contributed by atoms with Gasteiger partial charge < -0.3 is 5.32 Å². The molecule has 8 heteroatoms. The third-order valence-corrected chi connectivity index (χ3v) is 4.89. The summed E-state index contributed by atoms with van der Waals surface area (Å²) in [4.78, 5) is 17.4. The Morgan fingerprint density at radius 1 is 1.22 bits per heavy atom. The van der Waals surface area contributed by atoms with Crippen LogP contribution in [0, 0.1) is 11.6 Å². The number of nitrogens with one attached hydrogen (secondary N) is 1. The van der Waals surface area contributed by atoms with Gasteiger partial charge in [-0.25, -0.2) is 13.8 Å². The Morgan fingerprint density at radius 2 is 2.07 bits per heavy atom. The fraction of sp³-hybridized carbons (Fsp3) is 0.105. The highest BCUT2D eigenvalue weighted by Crippen LogP contribution is 2.26. The summed E-state index contributed by atoms with van der Waals surface area (Å²) in [6, 6.07) is 7.18. The Bertz CT molecular complexity index is 1140. The molecule has 4 rings (SSSR count). The van der Waals surface area contributed by atoms with Crippen LogP contribution in [0.25, 0.3) is 22.3 Å². The minimum atomic E-state index is -0.944. The minimum Gasteiger partial charge on any atom is -0.348 e. The molecule has 0 unspecified atom stereocenters. The predicted octanol–water partition coefficient (Wildman–Crippen LogP) is 3.91. The van der Waals surface area contributed by atoms with Crippen LogP contribution >= 0.6 is 11.3 Å². The van der Waals surface area contributed by atoms with Crippen molar-refractivity contribution >= 4 is 28.3 Å². The average molecular weight is 384 g/mol. The van der Waals surface area contributed by atoms with Gasteiger partial charge in [0.1, 0.15) is 0 Å². The lowest BCUT2D eigenvalue weighted by Crippen LogP contribution is -2.23. The number of nitrogens with zero attached hydrogens (tertiary/aromatic N) is 3. The van der Waals surface area contributed by atoms with E-state index in [0.717, 1.165) is 17.7 Å². The SMILES string of the molecule is Cn1ncc2c(C(=O)NCc3ccc(F)c(F)c3)cc(-c3ccsc3)nc21. The van der Waals surface area contributed by atoms with Gasteiger partial charge in [0.2, 0.25) is 0 Å². The van der Waals surface area contributed by atoms with E-state index in [1.54, 1.807) is 35.3 Å². The molecule has 0 atom stereocenters. The number of hydrogen-bond donors (Lipinski definition) is 1. The Morgan fingerprint density at radius 3 is 2.81 bits per heavy atom. The first-order valence-corrected chi connectivity index (χ1v) is 9.04. The fourth-order valence-electron chi connectivity index (χ4n) is 2.79. The molecule has 0 spiro atoms. The molecule has 27 heavy (non-hydrogen) atoms. The zero-order valence-electron chi connectivity index (χ0n) is 14.2. The van der Waals surface area contributed by atoms with Gasteiger partial charge >= 0.3 is 0 Å². The largest absolute Gasteiger partial charge is 0.348 e. The van der Waals surface area contributed by atoms with Gasteiger partial charge in [0, 0.05) is 24.5 Å². The number of pyridine rings is 1. The molecule has 0 aliphatic carbocycles. The van der Waals surface area contributed by atoms with Gasteiger partial charge in [0.25, 0.3) is 5.91 Å². The van der Waals surface area contributed by atoms with Crippen molar-refractivity contribution in [1.82, 2.24) is 20.1 Å². The molecule has 4 aromatic rings. The smallest absolute Gasteiger partial charge is 0.252 e. The zero-order valence-corrected chi connectivity index (χ0v) is 15.1. The van der Waals surface area contributed by atoms with Crippen molar-refractivity contribution in [3.05, 3.63) is 70.1 Å². The standard InChI is InChI=1S/C19H14F2N4OS/c1-25-18-14(9-23-25)13(7-17(24-18)12-4-5-27-10-12)19(26)22-8-11-2-3-15(20)16(21)6-11/h2-7,9-10H,8H2,1H3,(H,22,26). The van der Waals surface area contributed by atoms with Crippen molar-refractivity contribution < 1.29 is 13.6 Å². The second kappa shape index (κ2) is 6.88. The molecule has 3 heterocycles. The molecule has 3 aromatic heterocycles. The molecule has 0 fully saturated rings. The molecule has 0 saturated carbocycles. The second-order valence-corrected chi connectivity index (χ2v) is 6.78. The number of fused-ring (bicyclic) bond motifs is 1. The van der Waals surface area contributed by atoms with E-state index in [-0.39, 0.29) is 12.5 Å². The minimum absolute atomic E-state index is 0.0773. The first kappa shape index (κ1) is 17.3. The lowest BCUT2D eigenvalue weighted by Gasteiger charge is -2.09. The number of aryl methyl sites for hydroxylation is 1. The fourth-order valence-corrected chi connectivity index (χ4v) is 3.44. The van der Waals surface area contributed by atoms with E-state index in [0.29, 0.717) is 27.9 Å². The topological polar surface area (TPSA) is 59.8 Å². The van der Waals surface area contributed by atoms with Crippen LogP contribution in [0.2, 0.25) is 0 Å². The van der Waals surface area contributed by atoms with E-state index in [1.165, 1.54) is 6.07 Å². The van der Waals surface area contributed by atoms with Gasteiger partial charge in [0.05, 0.1) is 22.8 Å². The number of hydrogen-bond acceptors (Lipinski definition) is 4. The third-order valence-electron chi connectivity index (χ3n) is 4.20. The van der Waals surface area contributed by atoms with Crippen LogP contribution in [0.15, 0.2) is 47.3 Å². The van der Waals surface area contributed by atoms with Crippen LogP contribution < -0.4 is 5.32 Å². The normalized spacial score (nSPS) is 11.1. The highest BCUT2D eigenvalue weighted by molar-refractivity contribution is 7.08. The highest BCUT2D eigenvalue weighted by Gasteiger charge is 2.17. The molecule has 0 radical (unpaired) electrons. The molecule has 0 bridgehead atoms. The lowest BCUT2D eigenvalue weighted by molar-refractivity contribution is 0.0952. The second-order valence-electron chi connectivity index (χ2n) is 6.00. The number of rotatable bonds is 4. The first-order chi connectivity index (χ1) is 13.0. The van der Waals surface area contributed by atoms with Crippen molar-refractivity contribution in [1.29, 1.82) is 0 Å². The van der Waals surface area contributed by atoms with Gasteiger partial charge in [-0.05, 0) is 35.2 Å². The van der Waals surface area contributed by atoms with Crippen LogP contribution in [0.1, 0.15) is 15.9 Å². The summed E-state index contributed by atoms with van der Waals surface area (Å²) in [5, 5.41) is 11.4. The first-order valence-electron chi connectivity index (χ1n) is 8.10. The number of carbonyl (C=O) groups is 1. The number of benzene rings is 1. The molecule has 1 amide bonds. The van der Waals surface area contributed by atoms with Gasteiger partial charge in [-0.3, -0.25) is 9.48 Å². The number of halogens is 2. The van der Waals surface area contributed by atoms with E-state index in [1.807, 2.05) is 16.8 Å². The third kappa shape index (κ3) is 3.31. The number of thiophene rings is 1. The highest BCUT2D eigenvalue weighted by atomic mass is 32.1. The quantitative estimate of drug-likeness (QED) is 0.580. The molecule has 5 nitrogen and oxygen atoms in total. The predicted molar refractivity (Wildman–Crippen MR) is 99.4 cm³/mol. The molecule has 136 valence electrons. The summed E-state index contributed by atoms with van der Waals surface area (Å²) in [5.41, 5.74) is 3.08. The molecule has 1 N–H and O–H groups in total. The average Bonchev–Trinajstić information content (AvgIpc) is 3.32. The lowest BCUT2D eigenvalue weighted by atomic mass is 10.1. The van der Waals surface area contributed by atoms with Gasteiger partial charge in [-0.15, -0.1) is 0 Å². The monoisotopic (exact) mass is 384 g/mol. The molecule has 0 aliphatic rings. The summed E-state index contributed by atoms with van der Waals surface area (Å²) in [7, 11) is 1.76. The Labute approximate surface area is 157 Å². The Balaban J connectivity index is 1.67. The molecular weight excluding hydrogens is 370 g/mol. The van der Waals surface area contributed by atoms with Crippen LogP contribution in [0.5, 0.6) is 0 Å². The van der Waals surface area contributed by atoms with Crippen molar-refractivity contribution in [3.63, 3.8) is 0 Å². The maximum atomic E-state index is 13.3. The van der Waals surface area contributed by atoms with Crippen molar-refractivity contribution in [2.75, 3.05) is 0 Å². The van der Waals surface area contributed by atoms with Crippen molar-refractivity contribution in [2.45, 2.75) is 6.54 Å². The van der Waals surface area contributed by atoms with E-state index >= 15 is 0 Å². The Kier molecular flexibility index (Phi) is 4.41. The van der Waals surface area contributed by atoms with E-state index in [4.69, 9.17) is 0 Å². The number of carbonyl (C=O) groups excluding carboxylic acids is 1. The maximum Gasteiger partial charge on any atom is 0.252 e. The van der Waals surface area contributed by atoms with Crippen LogP contribution in [0.4, 0.5) is 8.78 Å². The Hall–Kier alpha value is -3.13. The summed E-state index contributed by atoms with van der Waals surface area (Å²) in [6.45, 7) is 0.0773. The van der Waals surface area contributed by atoms with E-state index in [2.05, 4.69) is 15.4 Å². The molecule has 1 aromatic carbocycles. The zero-order chi connectivity index (χ0) is 19.0. The van der Waals surface area contributed by atoms with Crippen molar-refractivity contribution in [3.8, 4) is 11.3 Å². The molecular formula is C19H14F2N4OS. The summed E-state index contributed by atoms with van der Waals surface area (Å²) in [5.74, 6) is -2.20. The number of aromatic nitrogens is 3. The van der Waals surface area contributed by atoms with Crippen LogP contribution in [-0.2, 0) is 13.6 Å². The molecule has 0 aliphatic heterocycles. The van der Waals surface area contributed by atoms with Crippen molar-refractivity contribution in [2.24, 2.45) is 7.05 Å². The van der Waals surface area contributed by atoms with Crippen LogP contribution in [-0.4, -0.2) is 20.7 Å². The molecule has 0 saturated heterocycles. The van der Waals surface area contributed by atoms with E-state index in [9.17, 15) is 13.6 Å². The van der Waals surface area contributed by atoms with Crippen LogP contribution in [0.3, 0.4) is 0 Å². The van der Waals surface area contributed by atoms with E-state index < -0.39 is 11.6 Å². The van der Waals surface area contributed by atoms with Gasteiger partial charge in [-0.1, -0.05) is 6.07 Å². The van der Waals surface area contributed by atoms with Gasteiger partial charge in [-0.2, -0.15) is 16.4 Å². The maximum absolute atomic E-state index is 13.3. The number of amides is 1. The summed E-state index contributed by atoms with van der Waals surface area (Å²) < 4.78 is 28.0.